The molecule has 2 aromatic rings. The van der Waals surface area contributed by atoms with Gasteiger partial charge in [0.25, 0.3) is 11.8 Å². The van der Waals surface area contributed by atoms with Crippen molar-refractivity contribution in [2.75, 3.05) is 9.91 Å². The summed E-state index contributed by atoms with van der Waals surface area (Å²) in [6.45, 7) is 1.62. The molecule has 0 saturated carbocycles. The van der Waals surface area contributed by atoms with Crippen LogP contribution in [0.2, 0.25) is 0 Å². The van der Waals surface area contributed by atoms with Crippen molar-refractivity contribution in [1.29, 1.82) is 0 Å². The van der Waals surface area contributed by atoms with E-state index in [1.807, 2.05) is 18.2 Å². The third-order valence-electron chi connectivity index (χ3n) is 4.22. The molecular formula is C17H13FN4O2. The van der Waals surface area contributed by atoms with E-state index in [4.69, 9.17) is 0 Å². The molecule has 4 rings (SSSR count). The van der Waals surface area contributed by atoms with Crippen LogP contribution in [0, 0.1) is 12.7 Å². The lowest BCUT2D eigenvalue weighted by atomic mass is 10.1. The van der Waals surface area contributed by atoms with E-state index < -0.39 is 29.7 Å². The highest BCUT2D eigenvalue weighted by molar-refractivity contribution is 6.26. The maximum absolute atomic E-state index is 13.8. The van der Waals surface area contributed by atoms with Crippen LogP contribution in [0.25, 0.3) is 0 Å². The Morgan fingerprint density at radius 3 is 2.46 bits per heavy atom. The van der Waals surface area contributed by atoms with Crippen LogP contribution < -0.4 is 9.91 Å². The molecule has 6 nitrogen and oxygen atoms in total. The van der Waals surface area contributed by atoms with E-state index in [-0.39, 0.29) is 5.69 Å². The highest BCUT2D eigenvalue weighted by Gasteiger charge is 2.55. The van der Waals surface area contributed by atoms with Gasteiger partial charge in [0.1, 0.15) is 5.82 Å². The maximum Gasteiger partial charge on any atom is 0.263 e. The van der Waals surface area contributed by atoms with E-state index in [2.05, 4.69) is 10.3 Å². The third kappa shape index (κ3) is 2.01. The second-order valence-corrected chi connectivity index (χ2v) is 5.72. The topological polar surface area (TPSA) is 65.3 Å². The Kier molecular flexibility index (Phi) is 3.16. The van der Waals surface area contributed by atoms with Gasteiger partial charge in [-0.1, -0.05) is 29.5 Å². The summed E-state index contributed by atoms with van der Waals surface area (Å²) >= 11 is 0. The molecule has 0 aromatic heterocycles. The summed E-state index contributed by atoms with van der Waals surface area (Å²) in [7, 11) is 0. The minimum Gasteiger partial charge on any atom is -0.271 e. The van der Waals surface area contributed by atoms with E-state index in [0.717, 1.165) is 4.90 Å². The Labute approximate surface area is 137 Å². The Bertz CT molecular complexity index is 868. The molecule has 1 fully saturated rings. The Hall–Kier alpha value is -3.09. The number of halogens is 1. The van der Waals surface area contributed by atoms with Crippen LogP contribution in [0.3, 0.4) is 0 Å². The molecule has 2 aromatic carbocycles. The number of para-hydroxylation sites is 1. The van der Waals surface area contributed by atoms with Gasteiger partial charge >= 0.3 is 0 Å². The van der Waals surface area contributed by atoms with E-state index in [9.17, 15) is 14.0 Å². The van der Waals surface area contributed by atoms with Gasteiger partial charge in [-0.25, -0.2) is 14.3 Å². The number of carbonyl (C=O) groups excluding carboxylic acids is 2. The largest absolute Gasteiger partial charge is 0.271 e. The van der Waals surface area contributed by atoms with Crippen molar-refractivity contribution < 1.29 is 14.0 Å². The standard InChI is InChI=1S/C17H13FN4O2/c1-10-7-8-12(9-13(10)18)21-16(23)14-15(17(21)24)22(20-19-14)11-5-3-2-4-6-11/h2-9,14-15H,1H3/t14-,15+/m0/s1. The van der Waals surface area contributed by atoms with Crippen LogP contribution in [0.15, 0.2) is 58.9 Å². The van der Waals surface area contributed by atoms with Crippen LogP contribution in [-0.2, 0) is 9.59 Å². The second-order valence-electron chi connectivity index (χ2n) is 5.72. The molecule has 2 amide bonds. The summed E-state index contributed by atoms with van der Waals surface area (Å²) < 4.78 is 13.8. The van der Waals surface area contributed by atoms with Gasteiger partial charge in [0.2, 0.25) is 0 Å². The number of hydrogen-bond donors (Lipinski definition) is 0. The molecule has 2 aliphatic heterocycles. The first-order valence-electron chi connectivity index (χ1n) is 7.47. The van der Waals surface area contributed by atoms with Crippen molar-refractivity contribution in [3.8, 4) is 0 Å². The number of anilines is 2. The number of rotatable bonds is 2. The molecule has 2 heterocycles. The fourth-order valence-electron chi connectivity index (χ4n) is 2.93. The number of imide groups is 1. The van der Waals surface area contributed by atoms with E-state index >= 15 is 0 Å². The summed E-state index contributed by atoms with van der Waals surface area (Å²) in [4.78, 5) is 26.4. The van der Waals surface area contributed by atoms with Crippen LogP contribution in [0.4, 0.5) is 15.8 Å². The molecule has 2 atom stereocenters. The molecule has 0 spiro atoms. The lowest BCUT2D eigenvalue weighted by Gasteiger charge is -2.20. The number of benzene rings is 2. The van der Waals surface area contributed by atoms with E-state index in [0.29, 0.717) is 11.3 Å². The summed E-state index contributed by atoms with van der Waals surface area (Å²) in [5, 5.41) is 9.35. The van der Waals surface area contributed by atoms with Crippen molar-refractivity contribution in [1.82, 2.24) is 0 Å². The lowest BCUT2D eigenvalue weighted by Crippen LogP contribution is -2.39. The summed E-state index contributed by atoms with van der Waals surface area (Å²) in [5.74, 6) is -1.41. The van der Waals surface area contributed by atoms with E-state index in [1.54, 1.807) is 25.1 Å². The number of nitrogens with zero attached hydrogens (tertiary/aromatic N) is 4. The van der Waals surface area contributed by atoms with Gasteiger partial charge in [-0.15, -0.1) is 0 Å². The molecule has 0 unspecified atom stereocenters. The molecule has 0 radical (unpaired) electrons. The monoisotopic (exact) mass is 324 g/mol. The SMILES string of the molecule is Cc1ccc(N2C(=O)[C@H]3N=NN(c4ccccc4)[C@H]3C2=O)cc1F. The molecule has 24 heavy (non-hydrogen) atoms. The van der Waals surface area contributed by atoms with Gasteiger partial charge < -0.3 is 0 Å². The molecule has 7 heteroatoms. The average Bonchev–Trinajstić information content (AvgIpc) is 3.12. The Morgan fingerprint density at radius 1 is 1.00 bits per heavy atom. The first-order valence-corrected chi connectivity index (χ1v) is 7.47. The second kappa shape index (κ2) is 5.23. The smallest absolute Gasteiger partial charge is 0.263 e. The molecule has 120 valence electrons. The predicted octanol–water partition coefficient (Wildman–Crippen LogP) is 2.63. The summed E-state index contributed by atoms with van der Waals surface area (Å²) in [6.07, 6.45) is 0. The highest BCUT2D eigenvalue weighted by Crippen LogP contribution is 2.35. The number of carbonyl (C=O) groups is 2. The highest BCUT2D eigenvalue weighted by atomic mass is 19.1. The van der Waals surface area contributed by atoms with E-state index in [1.165, 1.54) is 17.1 Å². The molecule has 0 bridgehead atoms. The van der Waals surface area contributed by atoms with Gasteiger partial charge in [0.05, 0.1) is 11.4 Å². The zero-order valence-electron chi connectivity index (χ0n) is 12.8. The summed E-state index contributed by atoms with van der Waals surface area (Å²) in [6, 6.07) is 11.6. The zero-order valence-corrected chi connectivity index (χ0v) is 12.8. The van der Waals surface area contributed by atoms with Crippen LogP contribution in [0.1, 0.15) is 5.56 Å². The fourth-order valence-corrected chi connectivity index (χ4v) is 2.93. The van der Waals surface area contributed by atoms with Crippen LogP contribution in [-0.4, -0.2) is 23.9 Å². The average molecular weight is 324 g/mol. The number of aryl methyl sites for hydroxylation is 1. The molecule has 0 N–H and O–H groups in total. The van der Waals surface area contributed by atoms with Crippen LogP contribution in [0.5, 0.6) is 0 Å². The van der Waals surface area contributed by atoms with Gasteiger partial charge in [0.15, 0.2) is 12.1 Å². The molecule has 2 aliphatic rings. The van der Waals surface area contributed by atoms with Crippen LogP contribution >= 0.6 is 0 Å². The normalized spacial score (nSPS) is 22.4. The molecular weight excluding hydrogens is 311 g/mol. The molecule has 1 saturated heterocycles. The zero-order chi connectivity index (χ0) is 16.8. The Balaban J connectivity index is 1.72. The first kappa shape index (κ1) is 14.5. The maximum atomic E-state index is 13.8. The number of hydrogen-bond acceptors (Lipinski definition) is 5. The van der Waals surface area contributed by atoms with Gasteiger partial charge in [-0.2, -0.15) is 5.11 Å². The van der Waals surface area contributed by atoms with Gasteiger partial charge in [-0.05, 0) is 36.8 Å². The minimum absolute atomic E-state index is 0.214. The van der Waals surface area contributed by atoms with Crippen molar-refractivity contribution in [3.05, 3.63) is 59.9 Å². The minimum atomic E-state index is -0.901. The first-order chi connectivity index (χ1) is 11.6. The third-order valence-corrected chi connectivity index (χ3v) is 4.22. The predicted molar refractivity (Wildman–Crippen MR) is 85.0 cm³/mol. The van der Waals surface area contributed by atoms with Gasteiger partial charge in [-0.3, -0.25) is 9.59 Å². The number of amides is 2. The van der Waals surface area contributed by atoms with Crippen molar-refractivity contribution >= 4 is 23.2 Å². The number of fused-ring (bicyclic) bond motifs is 1. The van der Waals surface area contributed by atoms with Crippen molar-refractivity contribution in [2.24, 2.45) is 10.3 Å². The molecule has 0 aliphatic carbocycles. The lowest BCUT2D eigenvalue weighted by molar-refractivity contribution is -0.121. The summed E-state index contributed by atoms with van der Waals surface area (Å²) in [5.41, 5.74) is 1.33. The Morgan fingerprint density at radius 2 is 1.75 bits per heavy atom. The fraction of sp³-hybridized carbons (Fsp3) is 0.176. The quantitative estimate of drug-likeness (QED) is 0.798. The van der Waals surface area contributed by atoms with Gasteiger partial charge in [0, 0.05) is 0 Å². The van der Waals surface area contributed by atoms with Crippen molar-refractivity contribution in [2.45, 2.75) is 19.0 Å². The van der Waals surface area contributed by atoms with Crippen molar-refractivity contribution in [3.63, 3.8) is 0 Å².